The Morgan fingerprint density at radius 2 is 2.12 bits per heavy atom. The van der Waals surface area contributed by atoms with E-state index in [2.05, 4.69) is 10.3 Å². The predicted molar refractivity (Wildman–Crippen MR) is 123 cm³/mol. The number of benzene rings is 1. The number of sulfonamides is 1. The number of pyridine rings is 1. The fourth-order valence-electron chi connectivity index (χ4n) is 3.75. The molecule has 0 atom stereocenters. The molecule has 2 aromatic rings. The Kier molecular flexibility index (Phi) is 6.66. The smallest absolute Gasteiger partial charge is 0.268 e. The number of amides is 1. The summed E-state index contributed by atoms with van der Waals surface area (Å²) < 4.78 is 51.4. The third-order valence-electron chi connectivity index (χ3n) is 5.41. The van der Waals surface area contributed by atoms with Gasteiger partial charge in [-0.1, -0.05) is 6.08 Å². The number of ether oxygens (including phenoxy) is 2. The topological polar surface area (TPSA) is 107 Å². The van der Waals surface area contributed by atoms with E-state index in [1.165, 1.54) is 12.1 Å². The van der Waals surface area contributed by atoms with Crippen molar-refractivity contribution in [2.75, 3.05) is 31.4 Å². The molecule has 4 rings (SSSR count). The summed E-state index contributed by atoms with van der Waals surface area (Å²) in [6, 6.07) is 4.49. The van der Waals surface area contributed by atoms with E-state index in [4.69, 9.17) is 9.47 Å². The number of carbonyl (C=O) groups excluding carboxylic acids is 1. The second kappa shape index (κ2) is 9.48. The number of anilines is 2. The average molecular weight is 476 g/mol. The lowest BCUT2D eigenvalue weighted by Crippen LogP contribution is -2.30. The van der Waals surface area contributed by atoms with Crippen molar-refractivity contribution in [2.45, 2.75) is 32.1 Å². The average Bonchev–Trinajstić information content (AvgIpc) is 3.61. The monoisotopic (exact) mass is 475 g/mol. The van der Waals surface area contributed by atoms with E-state index in [1.807, 2.05) is 10.8 Å². The first-order valence-corrected chi connectivity index (χ1v) is 12.7. The first-order chi connectivity index (χ1) is 15.8. The normalized spacial score (nSPS) is 16.2. The van der Waals surface area contributed by atoms with Crippen molar-refractivity contribution >= 4 is 33.0 Å². The summed E-state index contributed by atoms with van der Waals surface area (Å²) in [5.41, 5.74) is 2.49. The molecule has 2 N–H and O–H groups in total. The summed E-state index contributed by atoms with van der Waals surface area (Å²) in [6.45, 7) is 2.96. The fraction of sp³-hybridized carbons (Fsp3) is 0.391. The maximum atomic E-state index is 14.9. The van der Waals surface area contributed by atoms with E-state index in [9.17, 15) is 17.6 Å². The van der Waals surface area contributed by atoms with Crippen molar-refractivity contribution < 1.29 is 27.1 Å². The van der Waals surface area contributed by atoms with Gasteiger partial charge in [0.15, 0.2) is 5.75 Å². The number of aromatic nitrogens is 1. The maximum Gasteiger partial charge on any atom is 0.268 e. The van der Waals surface area contributed by atoms with Gasteiger partial charge in [-0.05, 0) is 61.4 Å². The van der Waals surface area contributed by atoms with Crippen molar-refractivity contribution in [3.63, 3.8) is 0 Å². The van der Waals surface area contributed by atoms with E-state index >= 15 is 0 Å². The van der Waals surface area contributed by atoms with Gasteiger partial charge in [-0.3, -0.25) is 4.79 Å². The van der Waals surface area contributed by atoms with Gasteiger partial charge in [-0.2, -0.15) is 0 Å². The molecule has 1 fully saturated rings. The fourth-order valence-corrected chi connectivity index (χ4v) is 4.20. The highest BCUT2D eigenvalue weighted by molar-refractivity contribution is 7.89. The Balaban J connectivity index is 1.77. The molecule has 0 unspecified atom stereocenters. The van der Waals surface area contributed by atoms with Crippen LogP contribution in [0.25, 0.3) is 5.57 Å². The minimum absolute atomic E-state index is 0.0865. The number of hydrogen-bond donors (Lipinski definition) is 2. The molecule has 0 spiro atoms. The van der Waals surface area contributed by atoms with Gasteiger partial charge < -0.3 is 14.8 Å². The van der Waals surface area contributed by atoms with Crippen molar-refractivity contribution in [3.8, 4) is 5.75 Å². The third kappa shape index (κ3) is 5.51. The molecule has 0 bridgehead atoms. The van der Waals surface area contributed by atoms with Gasteiger partial charge in [-0.15, -0.1) is 0 Å². The van der Waals surface area contributed by atoms with Crippen LogP contribution in [0, 0.1) is 5.82 Å². The standard InChI is InChI=1S/C23H26FN3O5S/c1-3-32-21-19(7-6-18(24)20(21)15-8-10-31-11-9-15)26-22-17(23(28)27-33(2,29)30)12-16(13-25-22)14-4-5-14/h6-8,12-14H,3-5,9-11H2,1-2H3,(H,25,26)(H,27,28). The van der Waals surface area contributed by atoms with Crippen LogP contribution in [0.3, 0.4) is 0 Å². The first kappa shape index (κ1) is 23.2. The lowest BCUT2D eigenvalue weighted by atomic mass is 9.98. The molecule has 2 aliphatic rings. The van der Waals surface area contributed by atoms with Gasteiger partial charge in [0, 0.05) is 6.20 Å². The highest BCUT2D eigenvalue weighted by Gasteiger charge is 2.27. The number of nitrogens with one attached hydrogen (secondary N) is 2. The van der Waals surface area contributed by atoms with E-state index in [0.717, 1.165) is 30.2 Å². The first-order valence-electron chi connectivity index (χ1n) is 10.8. The largest absolute Gasteiger partial charge is 0.491 e. The Morgan fingerprint density at radius 1 is 1.33 bits per heavy atom. The number of nitrogens with zero attached hydrogens (tertiary/aromatic N) is 1. The van der Waals surface area contributed by atoms with Crippen LogP contribution in [0.2, 0.25) is 0 Å². The van der Waals surface area contributed by atoms with Crippen LogP contribution in [0.15, 0.2) is 30.5 Å². The Labute approximate surface area is 192 Å². The number of halogens is 1. The van der Waals surface area contributed by atoms with Gasteiger partial charge in [0.25, 0.3) is 5.91 Å². The number of hydrogen-bond acceptors (Lipinski definition) is 7. The molecule has 1 amide bonds. The quantitative estimate of drug-likeness (QED) is 0.599. The van der Waals surface area contributed by atoms with Gasteiger partial charge >= 0.3 is 0 Å². The predicted octanol–water partition coefficient (Wildman–Crippen LogP) is 3.73. The van der Waals surface area contributed by atoms with Crippen LogP contribution in [0.4, 0.5) is 15.9 Å². The Bertz CT molecular complexity index is 1210. The lowest BCUT2D eigenvalue weighted by Gasteiger charge is -2.21. The molecule has 1 aromatic carbocycles. The molecule has 1 aliphatic heterocycles. The van der Waals surface area contributed by atoms with Crippen LogP contribution in [0.1, 0.15) is 53.6 Å². The highest BCUT2D eigenvalue weighted by atomic mass is 32.2. The molecule has 1 aliphatic carbocycles. The van der Waals surface area contributed by atoms with Crippen LogP contribution >= 0.6 is 0 Å². The van der Waals surface area contributed by atoms with Gasteiger partial charge in [0.05, 0.1) is 42.9 Å². The van der Waals surface area contributed by atoms with Gasteiger partial charge in [0.2, 0.25) is 10.0 Å². The minimum atomic E-state index is -3.77. The highest BCUT2D eigenvalue weighted by Crippen LogP contribution is 2.42. The van der Waals surface area contributed by atoms with E-state index in [0.29, 0.717) is 49.2 Å². The minimum Gasteiger partial charge on any atom is -0.491 e. The van der Waals surface area contributed by atoms with Crippen molar-refractivity contribution in [3.05, 3.63) is 53.0 Å². The zero-order valence-corrected chi connectivity index (χ0v) is 19.3. The summed E-state index contributed by atoms with van der Waals surface area (Å²) in [5.74, 6) is -0.451. The molecule has 10 heteroatoms. The molecule has 2 heterocycles. The van der Waals surface area contributed by atoms with E-state index in [1.54, 1.807) is 19.2 Å². The molecule has 8 nitrogen and oxygen atoms in total. The molecule has 176 valence electrons. The summed E-state index contributed by atoms with van der Waals surface area (Å²) in [6.07, 6.45) is 6.94. The SMILES string of the molecule is CCOc1c(Nc2ncc(C3CC3)cc2C(=O)NS(C)(=O)=O)ccc(F)c1C1=CCOCC1. The number of carbonyl (C=O) groups is 1. The van der Waals surface area contributed by atoms with Crippen molar-refractivity contribution in [1.29, 1.82) is 0 Å². The summed E-state index contributed by atoms with van der Waals surface area (Å²) >= 11 is 0. The third-order valence-corrected chi connectivity index (χ3v) is 5.97. The Morgan fingerprint density at radius 3 is 2.76 bits per heavy atom. The summed E-state index contributed by atoms with van der Waals surface area (Å²) in [4.78, 5) is 17.2. The molecule has 1 saturated carbocycles. The molecule has 0 radical (unpaired) electrons. The molecular weight excluding hydrogens is 449 g/mol. The van der Waals surface area contributed by atoms with Crippen molar-refractivity contribution in [1.82, 2.24) is 9.71 Å². The van der Waals surface area contributed by atoms with Gasteiger partial charge in [-0.25, -0.2) is 22.5 Å². The molecule has 1 aromatic heterocycles. The zero-order valence-electron chi connectivity index (χ0n) is 18.5. The van der Waals surface area contributed by atoms with Crippen molar-refractivity contribution in [2.24, 2.45) is 0 Å². The second-order valence-corrected chi connectivity index (χ2v) is 9.80. The summed E-state index contributed by atoms with van der Waals surface area (Å²) in [5, 5.41) is 3.07. The van der Waals surface area contributed by atoms with E-state index < -0.39 is 21.7 Å². The van der Waals surface area contributed by atoms with E-state index in [-0.39, 0.29) is 11.4 Å². The molecule has 33 heavy (non-hydrogen) atoms. The molecular formula is C23H26FN3O5S. The summed E-state index contributed by atoms with van der Waals surface area (Å²) in [7, 11) is -3.77. The van der Waals surface area contributed by atoms with Crippen LogP contribution in [0.5, 0.6) is 5.75 Å². The molecule has 0 saturated heterocycles. The zero-order chi connectivity index (χ0) is 23.6. The van der Waals surface area contributed by atoms with Gasteiger partial charge in [0.1, 0.15) is 11.6 Å². The van der Waals surface area contributed by atoms with Crippen LogP contribution in [-0.2, 0) is 14.8 Å². The van der Waals surface area contributed by atoms with Crippen LogP contribution < -0.4 is 14.8 Å². The maximum absolute atomic E-state index is 14.9. The number of rotatable bonds is 8. The second-order valence-electron chi connectivity index (χ2n) is 8.05. The lowest BCUT2D eigenvalue weighted by molar-refractivity contribution is 0.0982. The van der Waals surface area contributed by atoms with Crippen LogP contribution in [-0.4, -0.2) is 45.4 Å². The Hall–Kier alpha value is -2.98.